The predicted octanol–water partition coefficient (Wildman–Crippen LogP) is 7.87. The molecule has 0 spiro atoms. The number of likely N-dealkylation sites (tertiary alicyclic amines) is 1. The van der Waals surface area contributed by atoms with Crippen LogP contribution >= 0.6 is 0 Å². The van der Waals surface area contributed by atoms with Crippen LogP contribution in [0.5, 0.6) is 11.5 Å². The fourth-order valence-corrected chi connectivity index (χ4v) is 6.12. The van der Waals surface area contributed by atoms with Crippen molar-refractivity contribution in [1.82, 2.24) is 9.80 Å². The summed E-state index contributed by atoms with van der Waals surface area (Å²) >= 11 is 0. The molecule has 1 aliphatic heterocycles. The number of amides is 1. The van der Waals surface area contributed by atoms with Gasteiger partial charge in [-0.2, -0.15) is 0 Å². The molecule has 8 nitrogen and oxygen atoms in total. The topological polar surface area (TPSA) is 94.5 Å². The highest BCUT2D eigenvalue weighted by molar-refractivity contribution is 5.91. The third-order valence-electron chi connectivity index (χ3n) is 9.14. The van der Waals surface area contributed by atoms with Crippen LogP contribution in [0.1, 0.15) is 76.4 Å². The van der Waals surface area contributed by atoms with Gasteiger partial charge in [0.15, 0.2) is 11.5 Å². The van der Waals surface area contributed by atoms with Crippen molar-refractivity contribution in [2.45, 2.75) is 76.4 Å². The number of piperidine rings is 1. The Morgan fingerprint density at radius 1 is 0.935 bits per heavy atom. The Balaban J connectivity index is 1.03. The van der Waals surface area contributed by atoms with E-state index in [0.717, 1.165) is 74.4 Å². The SMILES string of the molecule is COc1cc(C(O)CCN(C)CCCCCCCCN2CCC(C)(OC(=O)Nc3ccccc3-c3ccccc3)CC2)ccc1O. The van der Waals surface area contributed by atoms with E-state index in [9.17, 15) is 15.0 Å². The largest absolute Gasteiger partial charge is 0.504 e. The molecule has 0 radical (unpaired) electrons. The second-order valence-corrected chi connectivity index (χ2v) is 12.9. The Morgan fingerprint density at radius 3 is 2.35 bits per heavy atom. The van der Waals surface area contributed by atoms with Gasteiger partial charge in [0, 0.05) is 25.2 Å². The van der Waals surface area contributed by atoms with Crippen LogP contribution in [0.15, 0.2) is 72.8 Å². The fraction of sp³-hybridized carbons (Fsp3) is 0.500. The van der Waals surface area contributed by atoms with Gasteiger partial charge in [0.25, 0.3) is 0 Å². The molecule has 0 aliphatic carbocycles. The molecule has 0 saturated carbocycles. The molecule has 46 heavy (non-hydrogen) atoms. The van der Waals surface area contributed by atoms with E-state index in [0.29, 0.717) is 12.2 Å². The Hall–Kier alpha value is -3.59. The van der Waals surface area contributed by atoms with Gasteiger partial charge in [-0.15, -0.1) is 0 Å². The van der Waals surface area contributed by atoms with Crippen LogP contribution in [0.25, 0.3) is 11.1 Å². The summed E-state index contributed by atoms with van der Waals surface area (Å²) in [6, 6.07) is 22.9. The van der Waals surface area contributed by atoms with E-state index in [1.165, 1.54) is 39.2 Å². The standard InChI is InChI=1S/C38H53N3O5/c1-38(46-37(44)39-33-18-12-11-17-32(33)30-15-9-8-10-16-30)22-27-41(28-23-38)25-14-7-5-4-6-13-24-40(2)26-21-34(42)31-19-20-35(43)36(29-31)45-3/h8-12,15-20,29,34,42-43H,4-7,13-14,21-28H2,1-3H3,(H,39,44). The lowest BCUT2D eigenvalue weighted by atomic mass is 9.93. The van der Waals surface area contributed by atoms with Crippen molar-refractivity contribution in [2.24, 2.45) is 0 Å². The highest BCUT2D eigenvalue weighted by atomic mass is 16.6. The Kier molecular flexibility index (Phi) is 13.7. The summed E-state index contributed by atoms with van der Waals surface area (Å²) in [7, 11) is 3.62. The lowest BCUT2D eigenvalue weighted by molar-refractivity contribution is -0.0163. The van der Waals surface area contributed by atoms with Gasteiger partial charge in [-0.3, -0.25) is 5.32 Å². The molecule has 1 saturated heterocycles. The molecule has 1 amide bonds. The van der Waals surface area contributed by atoms with E-state index in [4.69, 9.17) is 9.47 Å². The number of aliphatic hydroxyl groups is 1. The van der Waals surface area contributed by atoms with Gasteiger partial charge in [0.1, 0.15) is 5.60 Å². The van der Waals surface area contributed by atoms with E-state index >= 15 is 0 Å². The number of carbonyl (C=O) groups is 1. The highest BCUT2D eigenvalue weighted by Crippen LogP contribution is 2.31. The van der Waals surface area contributed by atoms with Crippen molar-refractivity contribution in [2.75, 3.05) is 52.2 Å². The number of ether oxygens (including phenoxy) is 2. The van der Waals surface area contributed by atoms with Crippen LogP contribution in [-0.4, -0.2) is 78.6 Å². The number of hydrogen-bond donors (Lipinski definition) is 3. The van der Waals surface area contributed by atoms with Crippen LogP contribution in [0.4, 0.5) is 10.5 Å². The van der Waals surface area contributed by atoms with Crippen LogP contribution in [0, 0.1) is 0 Å². The zero-order chi connectivity index (χ0) is 32.8. The molecule has 1 heterocycles. The monoisotopic (exact) mass is 631 g/mol. The van der Waals surface area contributed by atoms with Crippen molar-refractivity contribution < 1.29 is 24.5 Å². The summed E-state index contributed by atoms with van der Waals surface area (Å²) in [4.78, 5) is 17.7. The maximum absolute atomic E-state index is 12.9. The van der Waals surface area contributed by atoms with Crippen molar-refractivity contribution in [3.63, 3.8) is 0 Å². The number of benzene rings is 3. The quantitative estimate of drug-likeness (QED) is 0.131. The van der Waals surface area contributed by atoms with Crippen molar-refractivity contribution >= 4 is 11.8 Å². The van der Waals surface area contributed by atoms with E-state index < -0.39 is 17.8 Å². The van der Waals surface area contributed by atoms with Gasteiger partial charge in [-0.1, -0.05) is 80.3 Å². The number of para-hydroxylation sites is 1. The van der Waals surface area contributed by atoms with Crippen molar-refractivity contribution in [3.05, 3.63) is 78.4 Å². The van der Waals surface area contributed by atoms with Gasteiger partial charge < -0.3 is 29.5 Å². The second kappa shape index (κ2) is 17.9. The van der Waals surface area contributed by atoms with Gasteiger partial charge in [-0.25, -0.2) is 4.79 Å². The van der Waals surface area contributed by atoms with Gasteiger partial charge in [0.2, 0.25) is 0 Å². The average molecular weight is 632 g/mol. The van der Waals surface area contributed by atoms with E-state index in [1.807, 2.05) is 54.6 Å². The number of nitrogens with zero attached hydrogens (tertiary/aromatic N) is 2. The third kappa shape index (κ3) is 11.0. The number of phenolic OH excluding ortho intramolecular Hbond substituents is 1. The molecule has 250 valence electrons. The zero-order valence-electron chi connectivity index (χ0n) is 27.9. The second-order valence-electron chi connectivity index (χ2n) is 12.9. The summed E-state index contributed by atoms with van der Waals surface area (Å²) in [6.07, 6.45) is 8.69. The first-order valence-electron chi connectivity index (χ1n) is 16.9. The molecule has 1 unspecified atom stereocenters. The first-order chi connectivity index (χ1) is 22.3. The molecule has 1 atom stereocenters. The molecule has 3 aromatic carbocycles. The molecule has 1 fully saturated rings. The van der Waals surface area contributed by atoms with Crippen LogP contribution in [0.3, 0.4) is 0 Å². The number of aromatic hydroxyl groups is 1. The molecular formula is C38H53N3O5. The summed E-state index contributed by atoms with van der Waals surface area (Å²) < 4.78 is 11.1. The van der Waals surface area contributed by atoms with E-state index in [2.05, 4.69) is 29.1 Å². The van der Waals surface area contributed by atoms with Gasteiger partial charge >= 0.3 is 6.09 Å². The normalized spacial score (nSPS) is 15.4. The highest BCUT2D eigenvalue weighted by Gasteiger charge is 2.33. The third-order valence-corrected chi connectivity index (χ3v) is 9.14. The van der Waals surface area contributed by atoms with Gasteiger partial charge in [-0.05, 0) is 88.5 Å². The number of phenols is 1. The lowest BCUT2D eigenvalue weighted by Crippen LogP contribution is -2.46. The number of aliphatic hydroxyl groups excluding tert-OH is 1. The average Bonchev–Trinajstić information content (AvgIpc) is 3.06. The summed E-state index contributed by atoms with van der Waals surface area (Å²) in [5.41, 5.74) is 3.11. The maximum atomic E-state index is 12.9. The lowest BCUT2D eigenvalue weighted by Gasteiger charge is -2.38. The molecule has 0 aromatic heterocycles. The predicted molar refractivity (Wildman–Crippen MR) is 185 cm³/mol. The summed E-state index contributed by atoms with van der Waals surface area (Å²) in [5.74, 6) is 0.470. The minimum absolute atomic E-state index is 0.0837. The number of carbonyl (C=O) groups excluding carboxylic acids is 1. The van der Waals surface area contributed by atoms with Crippen LogP contribution in [-0.2, 0) is 4.74 Å². The first kappa shape index (κ1) is 35.3. The van der Waals surface area contributed by atoms with Crippen LogP contribution < -0.4 is 10.1 Å². The van der Waals surface area contributed by atoms with Crippen molar-refractivity contribution in [1.29, 1.82) is 0 Å². The molecule has 0 bridgehead atoms. The maximum Gasteiger partial charge on any atom is 0.412 e. The number of rotatable bonds is 17. The first-order valence-corrected chi connectivity index (χ1v) is 16.9. The fourth-order valence-electron chi connectivity index (χ4n) is 6.12. The van der Waals surface area contributed by atoms with Gasteiger partial charge in [0.05, 0.1) is 18.9 Å². The number of anilines is 1. The smallest absolute Gasteiger partial charge is 0.412 e. The molecule has 1 aliphatic rings. The van der Waals surface area contributed by atoms with Crippen LogP contribution in [0.2, 0.25) is 0 Å². The molecule has 3 aromatic rings. The molecule has 4 rings (SSSR count). The molecular weight excluding hydrogens is 578 g/mol. The zero-order valence-corrected chi connectivity index (χ0v) is 27.9. The molecule has 8 heteroatoms. The number of nitrogens with one attached hydrogen (secondary N) is 1. The minimum atomic E-state index is -0.578. The Morgan fingerprint density at radius 2 is 1.61 bits per heavy atom. The van der Waals surface area contributed by atoms with Crippen molar-refractivity contribution in [3.8, 4) is 22.6 Å². The number of unbranched alkanes of at least 4 members (excludes halogenated alkanes) is 5. The van der Waals surface area contributed by atoms with E-state index in [-0.39, 0.29) is 5.75 Å². The number of methoxy groups -OCH3 is 1. The Labute approximate surface area is 275 Å². The molecule has 3 N–H and O–H groups in total. The minimum Gasteiger partial charge on any atom is -0.504 e. The number of hydrogen-bond acceptors (Lipinski definition) is 7. The Bertz CT molecular complexity index is 1340. The van der Waals surface area contributed by atoms with E-state index in [1.54, 1.807) is 18.2 Å². The summed E-state index contributed by atoms with van der Waals surface area (Å²) in [5, 5.41) is 23.3. The summed E-state index contributed by atoms with van der Waals surface area (Å²) in [6.45, 7) is 6.90.